The fourth-order valence-corrected chi connectivity index (χ4v) is 4.66. The van der Waals surface area contributed by atoms with E-state index in [2.05, 4.69) is 5.32 Å². The third-order valence-corrected chi connectivity index (χ3v) is 6.78. The number of anilines is 1. The van der Waals surface area contributed by atoms with Crippen LogP contribution < -0.4 is 9.62 Å². The Balaban J connectivity index is 2.48. The molecule has 2 aromatic carbocycles. The Morgan fingerprint density at radius 3 is 2.18 bits per heavy atom. The predicted molar refractivity (Wildman–Crippen MR) is 133 cm³/mol. The van der Waals surface area contributed by atoms with Crippen LogP contribution in [0.5, 0.6) is 0 Å². The molecule has 2 aromatic rings. The molecule has 2 amide bonds. The fourth-order valence-electron chi connectivity index (χ4n) is 3.67. The molecule has 9 heteroatoms. The van der Waals surface area contributed by atoms with Gasteiger partial charge in [-0.05, 0) is 41.7 Å². The number of sulfonamides is 1. The minimum absolute atomic E-state index is 0.0555. The molecule has 0 saturated carbocycles. The summed E-state index contributed by atoms with van der Waals surface area (Å²) >= 11 is 5.98. The summed E-state index contributed by atoms with van der Waals surface area (Å²) in [7, 11) is -2.26. The van der Waals surface area contributed by atoms with Gasteiger partial charge in [-0.1, -0.05) is 62.7 Å². The van der Waals surface area contributed by atoms with E-state index in [9.17, 15) is 18.0 Å². The summed E-state index contributed by atoms with van der Waals surface area (Å²) in [5.41, 5.74) is 2.06. The SMILES string of the molecule is CC[C@H](C(=O)NC)N(Cc1ccc(Cl)cc1)C(=O)CN(c1ccccc1C(C)C)S(C)(=O)=O. The van der Waals surface area contributed by atoms with Crippen LogP contribution in [0.1, 0.15) is 44.2 Å². The van der Waals surface area contributed by atoms with Gasteiger partial charge in [-0.15, -0.1) is 0 Å². The molecule has 1 N–H and O–H groups in total. The smallest absolute Gasteiger partial charge is 0.244 e. The van der Waals surface area contributed by atoms with Crippen molar-refractivity contribution >= 4 is 39.1 Å². The van der Waals surface area contributed by atoms with E-state index in [-0.39, 0.29) is 18.4 Å². The average Bonchev–Trinajstić information content (AvgIpc) is 2.77. The van der Waals surface area contributed by atoms with Gasteiger partial charge in [0.2, 0.25) is 21.8 Å². The number of amides is 2. The van der Waals surface area contributed by atoms with Crippen LogP contribution in [0.25, 0.3) is 0 Å². The van der Waals surface area contributed by atoms with E-state index in [1.165, 1.54) is 11.9 Å². The van der Waals surface area contributed by atoms with Gasteiger partial charge in [-0.2, -0.15) is 0 Å². The largest absolute Gasteiger partial charge is 0.357 e. The fraction of sp³-hybridized carbons (Fsp3) is 0.417. The normalized spacial score (nSPS) is 12.3. The zero-order valence-corrected chi connectivity index (χ0v) is 21.3. The second-order valence-corrected chi connectivity index (χ2v) is 10.5. The highest BCUT2D eigenvalue weighted by Gasteiger charge is 2.32. The molecule has 0 aliphatic rings. The maximum absolute atomic E-state index is 13.6. The van der Waals surface area contributed by atoms with E-state index in [1.54, 1.807) is 36.4 Å². The first-order valence-corrected chi connectivity index (χ1v) is 13.0. The maximum Gasteiger partial charge on any atom is 0.244 e. The summed E-state index contributed by atoms with van der Waals surface area (Å²) in [5, 5.41) is 3.16. The van der Waals surface area contributed by atoms with Crippen molar-refractivity contribution in [1.29, 1.82) is 0 Å². The Labute approximate surface area is 201 Å². The Morgan fingerprint density at radius 1 is 1.06 bits per heavy atom. The van der Waals surface area contributed by atoms with Crippen LogP contribution in [0.3, 0.4) is 0 Å². The second kappa shape index (κ2) is 11.5. The molecule has 0 aliphatic heterocycles. The summed E-state index contributed by atoms with van der Waals surface area (Å²) < 4.78 is 26.6. The lowest BCUT2D eigenvalue weighted by atomic mass is 10.0. The highest BCUT2D eigenvalue weighted by molar-refractivity contribution is 7.92. The first-order valence-electron chi connectivity index (χ1n) is 10.8. The lowest BCUT2D eigenvalue weighted by molar-refractivity contribution is -0.140. The van der Waals surface area contributed by atoms with Crippen LogP contribution in [-0.4, -0.2) is 51.0 Å². The van der Waals surface area contributed by atoms with E-state index < -0.39 is 28.5 Å². The Hall–Kier alpha value is -2.58. The van der Waals surface area contributed by atoms with Crippen molar-refractivity contribution in [3.63, 3.8) is 0 Å². The van der Waals surface area contributed by atoms with Crippen molar-refractivity contribution in [2.45, 2.75) is 45.7 Å². The molecule has 0 unspecified atom stereocenters. The Bertz CT molecular complexity index is 1070. The molecule has 2 rings (SSSR count). The number of nitrogens with one attached hydrogen (secondary N) is 1. The monoisotopic (exact) mass is 493 g/mol. The van der Waals surface area contributed by atoms with E-state index in [0.717, 1.165) is 21.7 Å². The van der Waals surface area contributed by atoms with E-state index >= 15 is 0 Å². The number of carbonyl (C=O) groups is 2. The van der Waals surface area contributed by atoms with Gasteiger partial charge in [0, 0.05) is 18.6 Å². The molecular weight excluding hydrogens is 462 g/mol. The number of nitrogens with zero attached hydrogens (tertiary/aromatic N) is 2. The van der Waals surface area contributed by atoms with Crippen LogP contribution in [0.4, 0.5) is 5.69 Å². The average molecular weight is 494 g/mol. The van der Waals surface area contributed by atoms with E-state index in [0.29, 0.717) is 17.1 Å². The van der Waals surface area contributed by atoms with Crippen molar-refractivity contribution in [2.24, 2.45) is 0 Å². The summed E-state index contributed by atoms with van der Waals surface area (Å²) in [6, 6.07) is 13.4. The van der Waals surface area contributed by atoms with Crippen LogP contribution >= 0.6 is 11.6 Å². The molecule has 0 aromatic heterocycles. The molecule has 0 saturated heterocycles. The molecule has 1 atom stereocenters. The Morgan fingerprint density at radius 2 is 1.67 bits per heavy atom. The molecule has 180 valence electrons. The first-order chi connectivity index (χ1) is 15.5. The molecule has 0 spiro atoms. The number of rotatable bonds is 10. The van der Waals surface area contributed by atoms with Crippen LogP contribution in [-0.2, 0) is 26.2 Å². The zero-order valence-electron chi connectivity index (χ0n) is 19.7. The minimum atomic E-state index is -3.77. The van der Waals surface area contributed by atoms with E-state index in [4.69, 9.17) is 11.6 Å². The Kier molecular flexibility index (Phi) is 9.31. The lowest BCUT2D eigenvalue weighted by Crippen LogP contribution is -2.51. The summed E-state index contributed by atoms with van der Waals surface area (Å²) in [6.07, 6.45) is 1.46. The van der Waals surface area contributed by atoms with Crippen LogP contribution in [0.2, 0.25) is 5.02 Å². The molecule has 0 bridgehead atoms. The summed E-state index contributed by atoms with van der Waals surface area (Å²) in [6.45, 7) is 5.47. The van der Waals surface area contributed by atoms with Gasteiger partial charge in [-0.3, -0.25) is 13.9 Å². The molecular formula is C24H32ClN3O4S. The van der Waals surface area contributed by atoms with Crippen molar-refractivity contribution in [2.75, 3.05) is 24.2 Å². The van der Waals surface area contributed by atoms with Gasteiger partial charge in [0.15, 0.2) is 0 Å². The number of benzene rings is 2. The number of carbonyl (C=O) groups excluding carboxylic acids is 2. The number of para-hydroxylation sites is 1. The highest BCUT2D eigenvalue weighted by Crippen LogP contribution is 2.29. The third kappa shape index (κ3) is 6.95. The summed E-state index contributed by atoms with van der Waals surface area (Å²) in [4.78, 5) is 27.6. The van der Waals surface area contributed by atoms with Gasteiger partial charge < -0.3 is 10.2 Å². The molecule has 7 nitrogen and oxygen atoms in total. The minimum Gasteiger partial charge on any atom is -0.357 e. The number of hydrogen-bond donors (Lipinski definition) is 1. The molecule has 0 aliphatic carbocycles. The number of halogens is 1. The van der Waals surface area contributed by atoms with Crippen molar-refractivity contribution in [3.8, 4) is 0 Å². The second-order valence-electron chi connectivity index (χ2n) is 8.17. The van der Waals surface area contributed by atoms with Crippen LogP contribution in [0, 0.1) is 0 Å². The van der Waals surface area contributed by atoms with Crippen molar-refractivity contribution in [3.05, 3.63) is 64.7 Å². The zero-order chi connectivity index (χ0) is 24.8. The standard InChI is InChI=1S/C24H32ClN3O4S/c1-6-21(24(30)26-4)27(15-18-11-13-19(25)14-12-18)23(29)16-28(33(5,31)32)22-10-8-7-9-20(22)17(2)3/h7-14,17,21H,6,15-16H2,1-5H3,(H,26,30)/t21-/m1/s1. The van der Waals surface area contributed by atoms with Gasteiger partial charge in [0.25, 0.3) is 0 Å². The highest BCUT2D eigenvalue weighted by atomic mass is 35.5. The van der Waals surface area contributed by atoms with Crippen molar-refractivity contribution in [1.82, 2.24) is 10.2 Å². The van der Waals surface area contributed by atoms with Crippen LogP contribution in [0.15, 0.2) is 48.5 Å². The van der Waals surface area contributed by atoms with Gasteiger partial charge in [-0.25, -0.2) is 8.42 Å². The molecule has 33 heavy (non-hydrogen) atoms. The topological polar surface area (TPSA) is 86.8 Å². The molecule has 0 heterocycles. The third-order valence-electron chi connectivity index (χ3n) is 5.41. The summed E-state index contributed by atoms with van der Waals surface area (Å²) in [5.74, 6) is -0.724. The van der Waals surface area contributed by atoms with Crippen molar-refractivity contribution < 1.29 is 18.0 Å². The quantitative estimate of drug-likeness (QED) is 0.545. The van der Waals surface area contributed by atoms with E-state index in [1.807, 2.05) is 32.9 Å². The molecule has 0 radical (unpaired) electrons. The maximum atomic E-state index is 13.6. The number of hydrogen-bond acceptors (Lipinski definition) is 4. The van der Waals surface area contributed by atoms with Gasteiger partial charge >= 0.3 is 0 Å². The van der Waals surface area contributed by atoms with Gasteiger partial charge in [0.05, 0.1) is 11.9 Å². The van der Waals surface area contributed by atoms with Gasteiger partial charge in [0.1, 0.15) is 12.6 Å². The number of likely N-dealkylation sites (N-methyl/N-ethyl adjacent to an activating group) is 1. The first kappa shape index (κ1) is 26.7. The molecule has 0 fully saturated rings. The lowest BCUT2D eigenvalue weighted by Gasteiger charge is -2.33. The predicted octanol–water partition coefficient (Wildman–Crippen LogP) is 3.78.